The molecule has 1 rings (SSSR count). The Balaban J connectivity index is 2.60. The summed E-state index contributed by atoms with van der Waals surface area (Å²) in [5, 5.41) is 2.54. The summed E-state index contributed by atoms with van der Waals surface area (Å²) in [5.41, 5.74) is 0.710. The molecule has 20 heavy (non-hydrogen) atoms. The number of nitrogens with one attached hydrogen (secondary N) is 1. The molecular weight excluding hydrogens is 254 g/mol. The van der Waals surface area contributed by atoms with Crippen LogP contribution in [0.2, 0.25) is 0 Å². The summed E-state index contributed by atoms with van der Waals surface area (Å²) in [6.07, 6.45) is -0.508. The van der Waals surface area contributed by atoms with Gasteiger partial charge in [0.2, 0.25) is 0 Å². The number of amides is 1. The number of benzene rings is 1. The Kier molecular flexibility index (Phi) is 5.33. The SMILES string of the molecule is CC(=O)c1ccccc1C#CCNC(=O)OC(C)(C)C. The highest BCUT2D eigenvalue weighted by molar-refractivity contribution is 5.96. The van der Waals surface area contributed by atoms with Crippen LogP contribution in [0.15, 0.2) is 24.3 Å². The zero-order valence-electron chi connectivity index (χ0n) is 12.2. The number of Topliss-reactive ketones (excluding diaryl/α,β-unsaturated/α-hetero) is 1. The van der Waals surface area contributed by atoms with Crippen molar-refractivity contribution in [3.05, 3.63) is 35.4 Å². The lowest BCUT2D eigenvalue weighted by Gasteiger charge is -2.19. The number of hydrogen-bond donors (Lipinski definition) is 1. The molecule has 0 heterocycles. The second-order valence-electron chi connectivity index (χ2n) is 5.26. The van der Waals surface area contributed by atoms with Crippen molar-refractivity contribution < 1.29 is 14.3 Å². The summed E-state index contributed by atoms with van der Waals surface area (Å²) in [6, 6.07) is 7.11. The lowest BCUT2D eigenvalue weighted by molar-refractivity contribution is 0.0535. The summed E-state index contributed by atoms with van der Waals surface area (Å²) >= 11 is 0. The fourth-order valence-electron chi connectivity index (χ4n) is 1.47. The molecule has 0 aliphatic rings. The summed E-state index contributed by atoms with van der Waals surface area (Å²) in [6.45, 7) is 7.05. The van der Waals surface area contributed by atoms with Crippen molar-refractivity contribution in [2.75, 3.05) is 6.54 Å². The third-order valence-corrected chi connectivity index (χ3v) is 2.25. The molecule has 0 fully saturated rings. The molecule has 4 nitrogen and oxygen atoms in total. The van der Waals surface area contributed by atoms with Crippen LogP contribution in [0.1, 0.15) is 43.6 Å². The molecule has 0 unspecified atom stereocenters. The van der Waals surface area contributed by atoms with Crippen molar-refractivity contribution in [2.24, 2.45) is 0 Å². The fourth-order valence-corrected chi connectivity index (χ4v) is 1.47. The molecule has 0 atom stereocenters. The lowest BCUT2D eigenvalue weighted by atomic mass is 10.1. The van der Waals surface area contributed by atoms with Gasteiger partial charge < -0.3 is 10.1 Å². The number of hydrogen-bond acceptors (Lipinski definition) is 3. The highest BCUT2D eigenvalue weighted by atomic mass is 16.6. The lowest BCUT2D eigenvalue weighted by Crippen LogP contribution is -2.32. The van der Waals surface area contributed by atoms with Crippen LogP contribution in [0, 0.1) is 11.8 Å². The zero-order valence-corrected chi connectivity index (χ0v) is 12.2. The summed E-state index contributed by atoms with van der Waals surface area (Å²) in [5.74, 6) is 5.64. The number of ketones is 1. The van der Waals surface area contributed by atoms with Gasteiger partial charge in [0.25, 0.3) is 0 Å². The second-order valence-corrected chi connectivity index (χ2v) is 5.26. The molecule has 0 aliphatic carbocycles. The number of alkyl carbamates (subject to hydrolysis) is 1. The molecule has 1 N–H and O–H groups in total. The maximum Gasteiger partial charge on any atom is 0.408 e. The van der Waals surface area contributed by atoms with Gasteiger partial charge in [-0.1, -0.05) is 30.0 Å². The van der Waals surface area contributed by atoms with E-state index in [1.807, 2.05) is 6.07 Å². The van der Waals surface area contributed by atoms with E-state index in [2.05, 4.69) is 17.2 Å². The molecule has 0 bridgehead atoms. The first-order valence-electron chi connectivity index (χ1n) is 6.35. The molecule has 1 aromatic carbocycles. The monoisotopic (exact) mass is 273 g/mol. The standard InChI is InChI=1S/C16H19NO3/c1-12(18)14-10-6-5-8-13(14)9-7-11-17-15(19)20-16(2,3)4/h5-6,8,10H,11H2,1-4H3,(H,17,19). The fraction of sp³-hybridized carbons (Fsp3) is 0.375. The van der Waals surface area contributed by atoms with Crippen LogP contribution in [-0.2, 0) is 4.74 Å². The Bertz CT molecular complexity index is 559. The van der Waals surface area contributed by atoms with Gasteiger partial charge >= 0.3 is 6.09 Å². The van der Waals surface area contributed by atoms with Crippen LogP contribution in [0.4, 0.5) is 4.79 Å². The molecule has 4 heteroatoms. The molecule has 0 radical (unpaired) electrons. The minimum absolute atomic E-state index is 0.0324. The van der Waals surface area contributed by atoms with Crippen molar-refractivity contribution in [1.29, 1.82) is 0 Å². The van der Waals surface area contributed by atoms with E-state index in [1.165, 1.54) is 6.92 Å². The molecule has 1 aromatic rings. The minimum Gasteiger partial charge on any atom is -0.444 e. The van der Waals surface area contributed by atoms with Gasteiger partial charge in [0.1, 0.15) is 5.60 Å². The van der Waals surface area contributed by atoms with Gasteiger partial charge in [-0.2, -0.15) is 0 Å². The smallest absolute Gasteiger partial charge is 0.408 e. The molecule has 0 aromatic heterocycles. The van der Waals surface area contributed by atoms with Crippen LogP contribution < -0.4 is 5.32 Å². The first-order valence-corrected chi connectivity index (χ1v) is 6.35. The van der Waals surface area contributed by atoms with E-state index in [9.17, 15) is 9.59 Å². The van der Waals surface area contributed by atoms with Crippen LogP contribution >= 0.6 is 0 Å². The number of carbonyl (C=O) groups excluding carboxylic acids is 2. The topological polar surface area (TPSA) is 55.4 Å². The second kappa shape index (κ2) is 6.76. The molecule has 0 aliphatic heterocycles. The number of ether oxygens (including phenoxy) is 1. The molecule has 106 valence electrons. The van der Waals surface area contributed by atoms with Gasteiger partial charge in [-0.15, -0.1) is 0 Å². The van der Waals surface area contributed by atoms with E-state index in [0.29, 0.717) is 11.1 Å². The number of carbonyl (C=O) groups is 2. The van der Waals surface area contributed by atoms with Crippen molar-refractivity contribution >= 4 is 11.9 Å². The van der Waals surface area contributed by atoms with E-state index in [1.54, 1.807) is 39.0 Å². The van der Waals surface area contributed by atoms with E-state index in [4.69, 9.17) is 4.74 Å². The molecular formula is C16H19NO3. The van der Waals surface area contributed by atoms with E-state index < -0.39 is 11.7 Å². The average Bonchev–Trinajstić information content (AvgIpc) is 2.33. The van der Waals surface area contributed by atoms with E-state index in [-0.39, 0.29) is 12.3 Å². The zero-order chi connectivity index (χ0) is 15.2. The Hall–Kier alpha value is -2.28. The highest BCUT2D eigenvalue weighted by Crippen LogP contribution is 2.08. The van der Waals surface area contributed by atoms with Crippen LogP contribution in [0.25, 0.3) is 0 Å². The Morgan fingerprint density at radius 3 is 2.50 bits per heavy atom. The Morgan fingerprint density at radius 2 is 1.90 bits per heavy atom. The van der Waals surface area contributed by atoms with Crippen molar-refractivity contribution in [1.82, 2.24) is 5.32 Å². The van der Waals surface area contributed by atoms with Gasteiger partial charge in [0, 0.05) is 11.1 Å². The highest BCUT2D eigenvalue weighted by Gasteiger charge is 2.15. The van der Waals surface area contributed by atoms with Crippen LogP contribution in [-0.4, -0.2) is 24.0 Å². The summed E-state index contributed by atoms with van der Waals surface area (Å²) in [4.78, 5) is 22.8. The largest absolute Gasteiger partial charge is 0.444 e. The Labute approximate surface area is 119 Å². The van der Waals surface area contributed by atoms with Crippen molar-refractivity contribution in [3.63, 3.8) is 0 Å². The summed E-state index contributed by atoms with van der Waals surface area (Å²) < 4.78 is 5.08. The number of rotatable bonds is 2. The Morgan fingerprint density at radius 1 is 1.25 bits per heavy atom. The van der Waals surface area contributed by atoms with Gasteiger partial charge in [-0.25, -0.2) is 4.79 Å². The minimum atomic E-state index is -0.529. The third-order valence-electron chi connectivity index (χ3n) is 2.25. The van der Waals surface area contributed by atoms with E-state index in [0.717, 1.165) is 0 Å². The van der Waals surface area contributed by atoms with Gasteiger partial charge in [0.05, 0.1) is 6.54 Å². The van der Waals surface area contributed by atoms with Crippen LogP contribution in [0.5, 0.6) is 0 Å². The van der Waals surface area contributed by atoms with Gasteiger partial charge in [0.15, 0.2) is 5.78 Å². The average molecular weight is 273 g/mol. The maximum absolute atomic E-state index is 11.4. The normalized spacial score (nSPS) is 10.2. The third kappa shape index (κ3) is 5.57. The first-order chi connectivity index (χ1) is 9.29. The molecule has 0 spiro atoms. The van der Waals surface area contributed by atoms with Crippen molar-refractivity contribution in [2.45, 2.75) is 33.3 Å². The molecule has 0 saturated carbocycles. The molecule has 1 amide bonds. The quantitative estimate of drug-likeness (QED) is 0.666. The molecule has 0 saturated heterocycles. The van der Waals surface area contributed by atoms with Gasteiger partial charge in [-0.05, 0) is 33.8 Å². The van der Waals surface area contributed by atoms with Crippen LogP contribution in [0.3, 0.4) is 0 Å². The van der Waals surface area contributed by atoms with E-state index >= 15 is 0 Å². The maximum atomic E-state index is 11.4. The predicted molar refractivity (Wildman–Crippen MR) is 77.6 cm³/mol. The summed E-state index contributed by atoms with van der Waals surface area (Å²) in [7, 11) is 0. The first kappa shape index (κ1) is 15.8. The van der Waals surface area contributed by atoms with Gasteiger partial charge in [-0.3, -0.25) is 4.79 Å². The van der Waals surface area contributed by atoms with Crippen molar-refractivity contribution in [3.8, 4) is 11.8 Å². The predicted octanol–water partition coefficient (Wildman–Crippen LogP) is 2.77.